The fourth-order valence-electron chi connectivity index (χ4n) is 3.92. The number of carbonyl (C=O) groups excluding carboxylic acids is 2. The Hall–Kier alpha value is -2.12. The lowest BCUT2D eigenvalue weighted by atomic mass is 10.1. The minimum Gasteiger partial charge on any atom is -0.376 e. The molecular weight excluding hydrogens is 382 g/mol. The highest BCUT2D eigenvalue weighted by atomic mass is 16.5. The van der Waals surface area contributed by atoms with E-state index in [0.717, 1.165) is 50.3 Å². The molecule has 7 heteroatoms. The van der Waals surface area contributed by atoms with Crippen LogP contribution in [0.25, 0.3) is 0 Å². The number of benzene rings is 1. The molecule has 3 unspecified atom stereocenters. The molecule has 0 spiro atoms. The Balaban J connectivity index is 1.39. The zero-order valence-electron chi connectivity index (χ0n) is 18.2. The molecule has 0 aromatic heterocycles. The van der Waals surface area contributed by atoms with Gasteiger partial charge in [0.25, 0.3) is 0 Å². The zero-order chi connectivity index (χ0) is 21.3. The van der Waals surface area contributed by atoms with Crippen LogP contribution in [0.15, 0.2) is 24.3 Å². The Morgan fingerprint density at radius 3 is 2.73 bits per heavy atom. The Morgan fingerprint density at radius 1 is 1.20 bits per heavy atom. The summed E-state index contributed by atoms with van der Waals surface area (Å²) in [5.74, 6) is -0.326. The van der Waals surface area contributed by atoms with Crippen LogP contribution in [0.3, 0.4) is 0 Å². The van der Waals surface area contributed by atoms with Gasteiger partial charge >= 0.3 is 0 Å². The van der Waals surface area contributed by atoms with Crippen molar-refractivity contribution in [2.75, 3.05) is 36.5 Å². The van der Waals surface area contributed by atoms with Crippen molar-refractivity contribution in [3.05, 3.63) is 24.3 Å². The molecule has 2 N–H and O–H groups in total. The third kappa shape index (κ3) is 6.99. The number of anilines is 2. The van der Waals surface area contributed by atoms with Crippen molar-refractivity contribution in [2.24, 2.45) is 0 Å². The molecule has 7 nitrogen and oxygen atoms in total. The van der Waals surface area contributed by atoms with Crippen LogP contribution in [0, 0.1) is 0 Å². The summed E-state index contributed by atoms with van der Waals surface area (Å²) in [4.78, 5) is 27.1. The molecule has 2 aliphatic heterocycles. The molecular formula is C23H35N3O4. The summed E-state index contributed by atoms with van der Waals surface area (Å²) in [5, 5.41) is 5.81. The van der Waals surface area contributed by atoms with E-state index < -0.39 is 6.10 Å². The minimum absolute atomic E-state index is 0.0773. The second-order valence-corrected chi connectivity index (χ2v) is 8.37. The van der Waals surface area contributed by atoms with Crippen LogP contribution in [0.2, 0.25) is 0 Å². The third-order valence-electron chi connectivity index (χ3n) is 5.66. The quantitative estimate of drug-likeness (QED) is 0.645. The van der Waals surface area contributed by atoms with Gasteiger partial charge in [-0.2, -0.15) is 0 Å². The molecule has 0 radical (unpaired) electrons. The highest BCUT2D eigenvalue weighted by Crippen LogP contribution is 2.23. The van der Waals surface area contributed by atoms with E-state index in [2.05, 4.69) is 21.6 Å². The first-order chi connectivity index (χ1) is 14.5. The molecule has 1 aromatic rings. The zero-order valence-corrected chi connectivity index (χ0v) is 18.2. The summed E-state index contributed by atoms with van der Waals surface area (Å²) >= 11 is 0. The summed E-state index contributed by atoms with van der Waals surface area (Å²) in [5.41, 5.74) is 1.92. The molecule has 2 fully saturated rings. The average molecular weight is 418 g/mol. The topological polar surface area (TPSA) is 79.9 Å². The second kappa shape index (κ2) is 11.3. The van der Waals surface area contributed by atoms with Gasteiger partial charge in [0.05, 0.1) is 12.7 Å². The van der Waals surface area contributed by atoms with Gasteiger partial charge in [-0.05, 0) is 64.2 Å². The predicted molar refractivity (Wildman–Crippen MR) is 118 cm³/mol. The Morgan fingerprint density at radius 2 is 2.00 bits per heavy atom. The van der Waals surface area contributed by atoms with Crippen LogP contribution in [0.1, 0.15) is 52.4 Å². The standard InChI is InChI=1S/C23H35N3O4/c1-17(24-23(28)18(2)30-16-21-10-3-6-13-29-21)14-22(27)25-19-8-7-9-20(15-19)26-11-4-5-12-26/h7-9,15,17-18,21H,3-6,10-14,16H2,1-2H3,(H,24,28)(H,25,27). The van der Waals surface area contributed by atoms with Crippen molar-refractivity contribution in [3.8, 4) is 0 Å². The fourth-order valence-corrected chi connectivity index (χ4v) is 3.92. The van der Waals surface area contributed by atoms with Gasteiger partial charge in [0.15, 0.2) is 0 Å². The van der Waals surface area contributed by atoms with E-state index in [1.165, 1.54) is 12.8 Å². The molecule has 3 rings (SSSR count). The Kier molecular flexibility index (Phi) is 8.51. The number of nitrogens with zero attached hydrogens (tertiary/aromatic N) is 1. The monoisotopic (exact) mass is 417 g/mol. The minimum atomic E-state index is -0.571. The van der Waals surface area contributed by atoms with Crippen LogP contribution >= 0.6 is 0 Å². The highest BCUT2D eigenvalue weighted by Gasteiger charge is 2.21. The first-order valence-electron chi connectivity index (χ1n) is 11.2. The summed E-state index contributed by atoms with van der Waals surface area (Å²) in [6.07, 6.45) is 5.35. The van der Waals surface area contributed by atoms with Crippen LogP contribution in [0.4, 0.5) is 11.4 Å². The number of amides is 2. The first-order valence-corrected chi connectivity index (χ1v) is 11.2. The van der Waals surface area contributed by atoms with Gasteiger partial charge in [0.1, 0.15) is 6.10 Å². The second-order valence-electron chi connectivity index (χ2n) is 8.37. The van der Waals surface area contributed by atoms with E-state index in [0.29, 0.717) is 6.61 Å². The van der Waals surface area contributed by atoms with Crippen molar-refractivity contribution < 1.29 is 19.1 Å². The first kappa shape index (κ1) is 22.6. The third-order valence-corrected chi connectivity index (χ3v) is 5.66. The summed E-state index contributed by atoms with van der Waals surface area (Å²) in [6.45, 7) is 6.88. The van der Waals surface area contributed by atoms with Crippen LogP contribution in [-0.2, 0) is 19.1 Å². The van der Waals surface area contributed by atoms with Crippen molar-refractivity contribution in [2.45, 2.75) is 70.6 Å². The number of carbonyl (C=O) groups is 2. The summed E-state index contributed by atoms with van der Waals surface area (Å²) < 4.78 is 11.3. The molecule has 2 amide bonds. The van der Waals surface area contributed by atoms with Crippen molar-refractivity contribution in [1.29, 1.82) is 0 Å². The number of nitrogens with one attached hydrogen (secondary N) is 2. The van der Waals surface area contributed by atoms with Crippen LogP contribution in [0.5, 0.6) is 0 Å². The highest BCUT2D eigenvalue weighted by molar-refractivity contribution is 5.92. The number of hydrogen-bond acceptors (Lipinski definition) is 5. The van der Waals surface area contributed by atoms with Crippen molar-refractivity contribution in [1.82, 2.24) is 5.32 Å². The molecule has 2 saturated heterocycles. The van der Waals surface area contributed by atoms with Gasteiger partial charge in [0, 0.05) is 43.5 Å². The lowest BCUT2D eigenvalue weighted by molar-refractivity contribution is -0.136. The molecule has 30 heavy (non-hydrogen) atoms. The predicted octanol–water partition coefficient (Wildman–Crippen LogP) is 3.09. The van der Waals surface area contributed by atoms with Gasteiger partial charge in [-0.3, -0.25) is 9.59 Å². The van der Waals surface area contributed by atoms with E-state index in [1.54, 1.807) is 6.92 Å². The summed E-state index contributed by atoms with van der Waals surface area (Å²) in [6, 6.07) is 7.66. The molecule has 166 valence electrons. The molecule has 2 aliphatic rings. The number of rotatable bonds is 9. The molecule has 0 bridgehead atoms. The number of ether oxygens (including phenoxy) is 2. The van der Waals surface area contributed by atoms with Crippen molar-refractivity contribution in [3.63, 3.8) is 0 Å². The SMILES string of the molecule is CC(CC(=O)Nc1cccc(N2CCCC2)c1)NC(=O)C(C)OCC1CCCCO1. The van der Waals surface area contributed by atoms with Gasteiger partial charge < -0.3 is 25.0 Å². The maximum atomic E-state index is 12.4. The molecule has 1 aromatic carbocycles. The fraction of sp³-hybridized carbons (Fsp3) is 0.652. The molecule has 3 atom stereocenters. The maximum absolute atomic E-state index is 12.4. The van der Waals surface area contributed by atoms with Gasteiger partial charge in [0.2, 0.25) is 11.8 Å². The molecule has 2 heterocycles. The van der Waals surface area contributed by atoms with E-state index in [9.17, 15) is 9.59 Å². The van der Waals surface area contributed by atoms with Gasteiger partial charge in [-0.15, -0.1) is 0 Å². The summed E-state index contributed by atoms with van der Waals surface area (Å²) in [7, 11) is 0. The lowest BCUT2D eigenvalue weighted by Gasteiger charge is -2.24. The van der Waals surface area contributed by atoms with Crippen LogP contribution in [-0.4, -0.2) is 56.4 Å². The van der Waals surface area contributed by atoms with E-state index in [-0.39, 0.29) is 30.4 Å². The van der Waals surface area contributed by atoms with E-state index in [4.69, 9.17) is 9.47 Å². The van der Waals surface area contributed by atoms with E-state index >= 15 is 0 Å². The largest absolute Gasteiger partial charge is 0.376 e. The maximum Gasteiger partial charge on any atom is 0.249 e. The van der Waals surface area contributed by atoms with Crippen molar-refractivity contribution >= 4 is 23.2 Å². The molecule has 0 saturated carbocycles. The Bertz CT molecular complexity index is 699. The van der Waals surface area contributed by atoms with Gasteiger partial charge in [-0.25, -0.2) is 0 Å². The Labute approximate surface area is 179 Å². The normalized spacial score (nSPS) is 21.1. The van der Waals surface area contributed by atoms with Crippen LogP contribution < -0.4 is 15.5 Å². The van der Waals surface area contributed by atoms with E-state index in [1.807, 2.05) is 25.1 Å². The smallest absolute Gasteiger partial charge is 0.249 e. The lowest BCUT2D eigenvalue weighted by Crippen LogP contribution is -2.42. The number of hydrogen-bond donors (Lipinski definition) is 2. The average Bonchev–Trinajstić information content (AvgIpc) is 3.27. The van der Waals surface area contributed by atoms with Gasteiger partial charge in [-0.1, -0.05) is 6.07 Å². The molecule has 0 aliphatic carbocycles.